The predicted molar refractivity (Wildman–Crippen MR) is 68.8 cm³/mol. The molecule has 2 rings (SSSR count). The normalized spacial score (nSPS) is 11.0. The van der Waals surface area contributed by atoms with Crippen molar-refractivity contribution in [2.45, 2.75) is 6.43 Å². The van der Waals surface area contributed by atoms with Crippen molar-refractivity contribution in [1.29, 1.82) is 0 Å². The summed E-state index contributed by atoms with van der Waals surface area (Å²) in [6.07, 6.45) is -2.67. The van der Waals surface area contributed by atoms with Gasteiger partial charge in [-0.25, -0.2) is 13.8 Å². The highest BCUT2D eigenvalue weighted by molar-refractivity contribution is 9.10. The first-order chi connectivity index (χ1) is 8.58. The van der Waals surface area contributed by atoms with E-state index in [4.69, 9.17) is 10.6 Å². The SMILES string of the molecule is COc1ccc(Br)c2nc(C(F)F)cc(NN)c12. The Hall–Kier alpha value is -1.47. The summed E-state index contributed by atoms with van der Waals surface area (Å²) in [6.45, 7) is 0. The summed E-state index contributed by atoms with van der Waals surface area (Å²) in [5.41, 5.74) is 2.77. The van der Waals surface area contributed by atoms with Gasteiger partial charge >= 0.3 is 0 Å². The number of halogens is 3. The minimum atomic E-state index is -2.67. The molecule has 2 aromatic rings. The van der Waals surface area contributed by atoms with Crippen molar-refractivity contribution in [3.63, 3.8) is 0 Å². The van der Waals surface area contributed by atoms with Crippen LogP contribution in [-0.4, -0.2) is 12.1 Å². The maximum atomic E-state index is 12.7. The Morgan fingerprint density at radius 3 is 2.72 bits per heavy atom. The fourth-order valence-electron chi connectivity index (χ4n) is 1.69. The second-order valence-electron chi connectivity index (χ2n) is 3.51. The van der Waals surface area contributed by atoms with E-state index in [1.807, 2.05) is 0 Å². The van der Waals surface area contributed by atoms with E-state index in [1.54, 1.807) is 12.1 Å². The Balaban J connectivity index is 2.86. The van der Waals surface area contributed by atoms with Crippen LogP contribution in [-0.2, 0) is 0 Å². The Morgan fingerprint density at radius 1 is 1.44 bits per heavy atom. The fraction of sp³-hybridized carbons (Fsp3) is 0.182. The molecule has 18 heavy (non-hydrogen) atoms. The molecule has 1 heterocycles. The van der Waals surface area contributed by atoms with Crippen LogP contribution >= 0.6 is 15.9 Å². The lowest BCUT2D eigenvalue weighted by atomic mass is 10.1. The summed E-state index contributed by atoms with van der Waals surface area (Å²) < 4.78 is 31.3. The molecular formula is C11H10BrF2N3O. The molecule has 0 aliphatic rings. The average Bonchev–Trinajstić information content (AvgIpc) is 2.38. The van der Waals surface area contributed by atoms with Gasteiger partial charge in [-0.3, -0.25) is 5.84 Å². The highest BCUT2D eigenvalue weighted by atomic mass is 79.9. The van der Waals surface area contributed by atoms with Crippen LogP contribution in [0.5, 0.6) is 5.75 Å². The van der Waals surface area contributed by atoms with Gasteiger partial charge in [0, 0.05) is 4.47 Å². The number of rotatable bonds is 3. The molecule has 0 bridgehead atoms. The molecule has 7 heteroatoms. The minimum Gasteiger partial charge on any atom is -0.496 e. The molecule has 1 aromatic heterocycles. The highest BCUT2D eigenvalue weighted by Gasteiger charge is 2.17. The summed E-state index contributed by atoms with van der Waals surface area (Å²) >= 11 is 3.28. The molecule has 0 radical (unpaired) electrons. The van der Waals surface area contributed by atoms with Gasteiger partial charge in [-0.2, -0.15) is 0 Å². The van der Waals surface area contributed by atoms with Crippen LogP contribution in [0, 0.1) is 0 Å². The van der Waals surface area contributed by atoms with Gasteiger partial charge in [-0.1, -0.05) is 0 Å². The van der Waals surface area contributed by atoms with Crippen molar-refractivity contribution in [1.82, 2.24) is 4.98 Å². The van der Waals surface area contributed by atoms with Crippen LogP contribution in [0.2, 0.25) is 0 Å². The van der Waals surface area contributed by atoms with Crippen LogP contribution in [0.3, 0.4) is 0 Å². The maximum absolute atomic E-state index is 12.7. The Morgan fingerprint density at radius 2 is 2.17 bits per heavy atom. The number of aromatic nitrogens is 1. The van der Waals surface area contributed by atoms with E-state index in [1.165, 1.54) is 13.2 Å². The monoisotopic (exact) mass is 317 g/mol. The van der Waals surface area contributed by atoms with E-state index in [9.17, 15) is 8.78 Å². The number of methoxy groups -OCH3 is 1. The molecule has 0 fully saturated rings. The van der Waals surface area contributed by atoms with Gasteiger partial charge in [0.15, 0.2) is 0 Å². The topological polar surface area (TPSA) is 60.2 Å². The molecule has 0 unspecified atom stereocenters. The van der Waals surface area contributed by atoms with Gasteiger partial charge < -0.3 is 10.2 Å². The van der Waals surface area contributed by atoms with Crippen molar-refractivity contribution in [3.05, 3.63) is 28.4 Å². The van der Waals surface area contributed by atoms with E-state index >= 15 is 0 Å². The quantitative estimate of drug-likeness (QED) is 0.674. The second-order valence-corrected chi connectivity index (χ2v) is 4.37. The van der Waals surface area contributed by atoms with Gasteiger partial charge in [-0.05, 0) is 34.1 Å². The Labute approximate surface area is 110 Å². The number of nitrogens with one attached hydrogen (secondary N) is 1. The van der Waals surface area contributed by atoms with Crippen molar-refractivity contribution in [2.75, 3.05) is 12.5 Å². The standard InChI is InChI=1S/C11H10BrF2N3O/c1-18-8-3-2-5(12)10-9(8)6(17-15)4-7(16-10)11(13)14/h2-4,11H,15H2,1H3,(H,16,17). The molecule has 0 aliphatic heterocycles. The van der Waals surface area contributed by atoms with Crippen molar-refractivity contribution >= 4 is 32.5 Å². The number of anilines is 1. The number of hydrogen-bond acceptors (Lipinski definition) is 4. The van der Waals surface area contributed by atoms with Gasteiger partial charge in [0.05, 0.1) is 23.7 Å². The molecule has 0 amide bonds. The minimum absolute atomic E-state index is 0.341. The number of hydrogen-bond donors (Lipinski definition) is 2. The van der Waals surface area contributed by atoms with Crippen molar-refractivity contribution in [3.8, 4) is 5.75 Å². The van der Waals surface area contributed by atoms with Crippen molar-refractivity contribution < 1.29 is 13.5 Å². The number of nitrogens with zero attached hydrogens (tertiary/aromatic N) is 1. The number of pyridine rings is 1. The van der Waals surface area contributed by atoms with Crippen LogP contribution < -0.4 is 16.0 Å². The van der Waals surface area contributed by atoms with Crippen molar-refractivity contribution in [2.24, 2.45) is 5.84 Å². The molecule has 1 aromatic carbocycles. The molecular weight excluding hydrogens is 308 g/mol. The van der Waals surface area contributed by atoms with Crippen LogP contribution in [0.25, 0.3) is 10.9 Å². The number of nitrogens with two attached hydrogens (primary N) is 1. The number of nitrogen functional groups attached to an aromatic ring is 1. The van der Waals surface area contributed by atoms with E-state index < -0.39 is 6.43 Å². The number of ether oxygens (including phenoxy) is 1. The average molecular weight is 318 g/mol. The first-order valence-corrected chi connectivity index (χ1v) is 5.79. The smallest absolute Gasteiger partial charge is 0.280 e. The predicted octanol–water partition coefficient (Wildman–Crippen LogP) is 3.23. The third-order valence-electron chi connectivity index (χ3n) is 2.49. The molecule has 3 N–H and O–H groups in total. The zero-order valence-corrected chi connectivity index (χ0v) is 11.0. The molecule has 0 atom stereocenters. The van der Waals surface area contributed by atoms with Gasteiger partial charge in [0.25, 0.3) is 6.43 Å². The molecule has 96 valence electrons. The van der Waals surface area contributed by atoms with Crippen LogP contribution in [0.4, 0.5) is 14.5 Å². The maximum Gasteiger partial charge on any atom is 0.280 e. The number of hydrazine groups is 1. The molecule has 0 saturated carbocycles. The third-order valence-corrected chi connectivity index (χ3v) is 3.13. The number of benzene rings is 1. The highest BCUT2D eigenvalue weighted by Crippen LogP contribution is 2.37. The lowest BCUT2D eigenvalue weighted by molar-refractivity contribution is 0.146. The van der Waals surface area contributed by atoms with E-state index in [0.29, 0.717) is 26.8 Å². The third kappa shape index (κ3) is 2.11. The lowest BCUT2D eigenvalue weighted by Crippen LogP contribution is -2.09. The largest absolute Gasteiger partial charge is 0.496 e. The first-order valence-electron chi connectivity index (χ1n) is 5.00. The van der Waals surface area contributed by atoms with E-state index in [-0.39, 0.29) is 5.69 Å². The first kappa shape index (κ1) is 13.0. The summed E-state index contributed by atoms with van der Waals surface area (Å²) in [5, 5.41) is 0.554. The van der Waals surface area contributed by atoms with E-state index in [2.05, 4.69) is 26.3 Å². The Bertz CT molecular complexity index is 592. The van der Waals surface area contributed by atoms with Crippen LogP contribution in [0.15, 0.2) is 22.7 Å². The van der Waals surface area contributed by atoms with Gasteiger partial charge in [0.2, 0.25) is 0 Å². The number of fused-ring (bicyclic) bond motifs is 1. The molecule has 4 nitrogen and oxygen atoms in total. The summed E-state index contributed by atoms with van der Waals surface area (Å²) in [7, 11) is 1.49. The Kier molecular flexibility index (Phi) is 3.63. The summed E-state index contributed by atoms with van der Waals surface area (Å²) in [6, 6.07) is 4.60. The van der Waals surface area contributed by atoms with Gasteiger partial charge in [0.1, 0.15) is 11.4 Å². The molecule has 0 spiro atoms. The van der Waals surface area contributed by atoms with E-state index in [0.717, 1.165) is 0 Å². The fourth-order valence-corrected chi connectivity index (χ4v) is 2.11. The summed E-state index contributed by atoms with van der Waals surface area (Å²) in [4.78, 5) is 3.92. The van der Waals surface area contributed by atoms with Crippen LogP contribution in [0.1, 0.15) is 12.1 Å². The lowest BCUT2D eigenvalue weighted by Gasteiger charge is -2.13. The molecule has 0 aliphatic carbocycles. The zero-order chi connectivity index (χ0) is 13.3. The molecule has 0 saturated heterocycles. The van der Waals surface area contributed by atoms with Gasteiger partial charge in [-0.15, -0.1) is 0 Å². The number of alkyl halides is 2. The zero-order valence-electron chi connectivity index (χ0n) is 9.38. The summed E-state index contributed by atoms with van der Waals surface area (Å²) in [5.74, 6) is 5.87. The second kappa shape index (κ2) is 5.03.